The highest BCUT2D eigenvalue weighted by atomic mass is 16.5. The zero-order valence-corrected chi connectivity index (χ0v) is 8.67. The summed E-state index contributed by atoms with van der Waals surface area (Å²) >= 11 is 0. The van der Waals surface area contributed by atoms with Crippen molar-refractivity contribution >= 4 is 5.97 Å². The Balaban J connectivity index is 2.51. The molecule has 1 heterocycles. The van der Waals surface area contributed by atoms with Crippen LogP contribution in [0.1, 0.15) is 27.2 Å². The second-order valence-electron chi connectivity index (χ2n) is 4.05. The van der Waals surface area contributed by atoms with Crippen molar-refractivity contribution in [1.82, 2.24) is 5.32 Å². The van der Waals surface area contributed by atoms with Crippen molar-refractivity contribution in [2.45, 2.75) is 33.3 Å². The number of piperidine rings is 1. The highest BCUT2D eigenvalue weighted by Crippen LogP contribution is 2.22. The van der Waals surface area contributed by atoms with Crippen LogP contribution >= 0.6 is 0 Å². The Bertz CT molecular complexity index is 180. The fourth-order valence-corrected chi connectivity index (χ4v) is 1.88. The summed E-state index contributed by atoms with van der Waals surface area (Å²) in [5, 5.41) is 3.33. The van der Waals surface area contributed by atoms with Gasteiger partial charge in [-0.1, -0.05) is 13.8 Å². The summed E-state index contributed by atoms with van der Waals surface area (Å²) in [6, 6.07) is 0. The molecule has 0 radical (unpaired) electrons. The van der Waals surface area contributed by atoms with Crippen molar-refractivity contribution in [2.24, 2.45) is 11.8 Å². The van der Waals surface area contributed by atoms with Crippen LogP contribution in [-0.4, -0.2) is 25.2 Å². The first-order chi connectivity index (χ1) is 6.11. The molecule has 76 valence electrons. The quantitative estimate of drug-likeness (QED) is 0.657. The monoisotopic (exact) mass is 185 g/mol. The molecule has 13 heavy (non-hydrogen) atoms. The molecule has 3 nitrogen and oxygen atoms in total. The SMILES string of the molecule is CC(=O)OC1CCNCC1C(C)C. The van der Waals surface area contributed by atoms with Gasteiger partial charge in [-0.3, -0.25) is 4.79 Å². The zero-order valence-electron chi connectivity index (χ0n) is 8.67. The Morgan fingerprint density at radius 3 is 2.77 bits per heavy atom. The van der Waals surface area contributed by atoms with Gasteiger partial charge < -0.3 is 10.1 Å². The van der Waals surface area contributed by atoms with E-state index in [-0.39, 0.29) is 12.1 Å². The van der Waals surface area contributed by atoms with Crippen molar-refractivity contribution in [3.05, 3.63) is 0 Å². The minimum atomic E-state index is -0.155. The van der Waals surface area contributed by atoms with Crippen molar-refractivity contribution in [3.8, 4) is 0 Å². The van der Waals surface area contributed by atoms with Crippen LogP contribution in [0.25, 0.3) is 0 Å². The van der Waals surface area contributed by atoms with E-state index in [1.54, 1.807) is 0 Å². The van der Waals surface area contributed by atoms with Gasteiger partial charge in [-0.2, -0.15) is 0 Å². The maximum atomic E-state index is 10.8. The van der Waals surface area contributed by atoms with Gasteiger partial charge in [-0.15, -0.1) is 0 Å². The number of hydrogen-bond acceptors (Lipinski definition) is 3. The maximum absolute atomic E-state index is 10.8. The Kier molecular flexibility index (Phi) is 3.72. The third-order valence-electron chi connectivity index (χ3n) is 2.64. The van der Waals surface area contributed by atoms with E-state index in [2.05, 4.69) is 19.2 Å². The molecule has 1 saturated heterocycles. The van der Waals surface area contributed by atoms with E-state index >= 15 is 0 Å². The lowest BCUT2D eigenvalue weighted by atomic mass is 9.86. The van der Waals surface area contributed by atoms with Gasteiger partial charge in [0.05, 0.1) is 0 Å². The molecule has 1 aliphatic heterocycles. The number of esters is 1. The van der Waals surface area contributed by atoms with Gasteiger partial charge in [-0.25, -0.2) is 0 Å². The number of ether oxygens (including phenoxy) is 1. The van der Waals surface area contributed by atoms with E-state index in [0.29, 0.717) is 11.8 Å². The lowest BCUT2D eigenvalue weighted by Gasteiger charge is -2.33. The number of nitrogens with one attached hydrogen (secondary N) is 1. The van der Waals surface area contributed by atoms with Gasteiger partial charge in [0.1, 0.15) is 6.10 Å². The van der Waals surface area contributed by atoms with Gasteiger partial charge in [0, 0.05) is 19.4 Å². The fraction of sp³-hybridized carbons (Fsp3) is 0.900. The maximum Gasteiger partial charge on any atom is 0.302 e. The number of hydrogen-bond donors (Lipinski definition) is 1. The second kappa shape index (κ2) is 4.61. The van der Waals surface area contributed by atoms with Crippen LogP contribution in [0.3, 0.4) is 0 Å². The molecule has 0 bridgehead atoms. The van der Waals surface area contributed by atoms with E-state index in [4.69, 9.17) is 4.74 Å². The van der Waals surface area contributed by atoms with Crippen LogP contribution in [0, 0.1) is 11.8 Å². The lowest BCUT2D eigenvalue weighted by molar-refractivity contribution is -0.151. The molecule has 0 amide bonds. The molecule has 1 rings (SSSR count). The molecular weight excluding hydrogens is 166 g/mol. The summed E-state index contributed by atoms with van der Waals surface area (Å²) < 4.78 is 5.29. The Morgan fingerprint density at radius 2 is 2.23 bits per heavy atom. The number of carbonyl (C=O) groups is 1. The number of carbonyl (C=O) groups excluding carboxylic acids is 1. The van der Waals surface area contributed by atoms with E-state index in [0.717, 1.165) is 19.5 Å². The molecule has 1 aliphatic rings. The Labute approximate surface area is 79.8 Å². The van der Waals surface area contributed by atoms with E-state index in [9.17, 15) is 4.79 Å². The highest BCUT2D eigenvalue weighted by molar-refractivity contribution is 5.66. The predicted molar refractivity (Wildman–Crippen MR) is 51.4 cm³/mol. The topological polar surface area (TPSA) is 38.3 Å². The molecule has 0 spiro atoms. The molecule has 0 aromatic rings. The summed E-state index contributed by atoms with van der Waals surface area (Å²) in [5.74, 6) is 0.882. The third-order valence-corrected chi connectivity index (χ3v) is 2.64. The smallest absolute Gasteiger partial charge is 0.302 e. The van der Waals surface area contributed by atoms with Gasteiger partial charge in [0.2, 0.25) is 0 Å². The van der Waals surface area contributed by atoms with Gasteiger partial charge in [0.15, 0.2) is 0 Å². The minimum Gasteiger partial charge on any atom is -0.462 e. The minimum absolute atomic E-state index is 0.124. The van der Waals surface area contributed by atoms with Gasteiger partial charge in [-0.05, 0) is 18.9 Å². The summed E-state index contributed by atoms with van der Waals surface area (Å²) in [6.45, 7) is 7.76. The van der Waals surface area contributed by atoms with E-state index in [1.807, 2.05) is 0 Å². The van der Waals surface area contributed by atoms with Crippen molar-refractivity contribution in [3.63, 3.8) is 0 Å². The van der Waals surface area contributed by atoms with Crippen LogP contribution in [0.15, 0.2) is 0 Å². The van der Waals surface area contributed by atoms with Crippen LogP contribution < -0.4 is 5.32 Å². The van der Waals surface area contributed by atoms with Gasteiger partial charge >= 0.3 is 5.97 Å². The van der Waals surface area contributed by atoms with Crippen LogP contribution in [0.4, 0.5) is 0 Å². The van der Waals surface area contributed by atoms with Crippen molar-refractivity contribution < 1.29 is 9.53 Å². The molecule has 0 aromatic heterocycles. The highest BCUT2D eigenvalue weighted by Gasteiger charge is 2.29. The Morgan fingerprint density at radius 1 is 1.54 bits per heavy atom. The van der Waals surface area contributed by atoms with Crippen LogP contribution in [-0.2, 0) is 9.53 Å². The van der Waals surface area contributed by atoms with Crippen LogP contribution in [0.5, 0.6) is 0 Å². The second-order valence-corrected chi connectivity index (χ2v) is 4.05. The molecule has 0 aliphatic carbocycles. The molecule has 1 fully saturated rings. The van der Waals surface area contributed by atoms with E-state index < -0.39 is 0 Å². The lowest BCUT2D eigenvalue weighted by Crippen LogP contribution is -2.44. The van der Waals surface area contributed by atoms with E-state index in [1.165, 1.54) is 6.92 Å². The first kappa shape index (κ1) is 10.5. The molecular formula is C10H19NO2. The average molecular weight is 185 g/mol. The molecule has 2 atom stereocenters. The van der Waals surface area contributed by atoms with Crippen LogP contribution in [0.2, 0.25) is 0 Å². The molecule has 0 saturated carbocycles. The number of rotatable bonds is 2. The predicted octanol–water partition coefficient (Wildman–Crippen LogP) is 1.18. The summed E-state index contributed by atoms with van der Waals surface area (Å²) in [7, 11) is 0. The molecule has 2 unspecified atom stereocenters. The third kappa shape index (κ3) is 2.99. The molecule has 1 N–H and O–H groups in total. The zero-order chi connectivity index (χ0) is 9.84. The normalized spacial score (nSPS) is 28.9. The largest absolute Gasteiger partial charge is 0.462 e. The Hall–Kier alpha value is -0.570. The fourth-order valence-electron chi connectivity index (χ4n) is 1.88. The molecule has 0 aromatic carbocycles. The first-order valence-corrected chi connectivity index (χ1v) is 4.99. The summed E-state index contributed by atoms with van der Waals surface area (Å²) in [6.07, 6.45) is 1.07. The summed E-state index contributed by atoms with van der Waals surface area (Å²) in [4.78, 5) is 10.8. The van der Waals surface area contributed by atoms with Gasteiger partial charge in [0.25, 0.3) is 0 Å². The standard InChI is InChI=1S/C10H19NO2/c1-7(2)9-6-11-5-4-10(9)13-8(3)12/h7,9-11H,4-6H2,1-3H3. The van der Waals surface area contributed by atoms with Crippen molar-refractivity contribution in [2.75, 3.05) is 13.1 Å². The molecule has 3 heteroatoms. The summed E-state index contributed by atoms with van der Waals surface area (Å²) in [5.41, 5.74) is 0. The average Bonchev–Trinajstić information content (AvgIpc) is 2.03. The first-order valence-electron chi connectivity index (χ1n) is 4.99. The van der Waals surface area contributed by atoms with Crippen molar-refractivity contribution in [1.29, 1.82) is 0 Å².